The Bertz CT molecular complexity index is 1210. The van der Waals surface area contributed by atoms with Gasteiger partial charge in [0.2, 0.25) is 0 Å². The van der Waals surface area contributed by atoms with Gasteiger partial charge >= 0.3 is 5.97 Å². The smallest absolute Gasteiger partial charge is 0.356 e. The topological polar surface area (TPSA) is 132 Å². The molecule has 0 spiro atoms. The van der Waals surface area contributed by atoms with Crippen LogP contribution < -0.4 is 10.0 Å². The van der Waals surface area contributed by atoms with Crippen molar-refractivity contribution in [2.75, 3.05) is 12.4 Å². The van der Waals surface area contributed by atoms with E-state index in [-0.39, 0.29) is 22.1 Å². The number of sulfonamides is 1. The Morgan fingerprint density at radius 2 is 1.52 bits per heavy atom. The molecular weight excluding hydrogens is 422 g/mol. The second-order valence-electron chi connectivity index (χ2n) is 6.20. The summed E-state index contributed by atoms with van der Waals surface area (Å²) in [4.78, 5) is 39.4. The van der Waals surface area contributed by atoms with Crippen molar-refractivity contribution in [3.05, 3.63) is 89.7 Å². The number of benzene rings is 2. The molecule has 0 radical (unpaired) electrons. The molecule has 2 N–H and O–H groups in total. The van der Waals surface area contributed by atoms with Gasteiger partial charge in [0, 0.05) is 17.4 Å². The molecule has 0 unspecified atom stereocenters. The summed E-state index contributed by atoms with van der Waals surface area (Å²) in [6.07, 6.45) is 1.07. The molecule has 2 amide bonds. The molecule has 1 heterocycles. The first kappa shape index (κ1) is 21.7. The molecule has 9 nitrogen and oxygen atoms in total. The van der Waals surface area contributed by atoms with E-state index in [4.69, 9.17) is 0 Å². The number of nitrogens with zero attached hydrogens (tertiary/aromatic N) is 1. The van der Waals surface area contributed by atoms with Crippen molar-refractivity contribution in [2.45, 2.75) is 4.90 Å². The third kappa shape index (κ3) is 5.31. The standard InChI is InChI=1S/C21H17N3O6S/c1-30-21(27)18-12-7-15(13-22-18)20(26)24-31(28,29)17-10-8-16(9-11-17)23-19(25)14-5-3-2-4-6-14/h2-13H,1H3,(H,23,25)(H,24,26). The third-order valence-corrected chi connectivity index (χ3v) is 5.45. The highest BCUT2D eigenvalue weighted by Gasteiger charge is 2.20. The summed E-state index contributed by atoms with van der Waals surface area (Å²) in [6, 6.07) is 16.4. The summed E-state index contributed by atoms with van der Waals surface area (Å²) >= 11 is 0. The number of carbonyl (C=O) groups is 3. The fourth-order valence-electron chi connectivity index (χ4n) is 2.50. The zero-order chi connectivity index (χ0) is 22.4. The number of nitrogens with one attached hydrogen (secondary N) is 2. The number of pyridine rings is 1. The number of anilines is 1. The molecule has 31 heavy (non-hydrogen) atoms. The number of hydrogen-bond donors (Lipinski definition) is 2. The minimum atomic E-state index is -4.17. The molecule has 3 aromatic rings. The molecule has 0 fully saturated rings. The van der Waals surface area contributed by atoms with E-state index < -0.39 is 21.9 Å². The number of amides is 2. The molecular formula is C21H17N3O6S. The van der Waals surface area contributed by atoms with Crippen LogP contribution in [0.5, 0.6) is 0 Å². The van der Waals surface area contributed by atoms with Gasteiger partial charge < -0.3 is 10.1 Å². The molecule has 2 aromatic carbocycles. The van der Waals surface area contributed by atoms with Crippen molar-refractivity contribution < 1.29 is 27.5 Å². The molecule has 0 aliphatic heterocycles. The number of carbonyl (C=O) groups excluding carboxylic acids is 3. The molecule has 3 rings (SSSR count). The van der Waals surface area contributed by atoms with Crippen molar-refractivity contribution in [1.29, 1.82) is 0 Å². The van der Waals surface area contributed by atoms with Crippen LogP contribution in [0.15, 0.2) is 77.8 Å². The first-order valence-corrected chi connectivity index (χ1v) is 10.4. The molecule has 10 heteroatoms. The minimum absolute atomic E-state index is 0.0185. The van der Waals surface area contributed by atoms with E-state index >= 15 is 0 Å². The first-order chi connectivity index (χ1) is 14.8. The maximum absolute atomic E-state index is 12.5. The summed E-state index contributed by atoms with van der Waals surface area (Å²) < 4.78 is 31.4. The molecule has 0 saturated heterocycles. The van der Waals surface area contributed by atoms with Crippen LogP contribution in [0, 0.1) is 0 Å². The monoisotopic (exact) mass is 439 g/mol. The second kappa shape index (κ2) is 9.18. The van der Waals surface area contributed by atoms with E-state index in [2.05, 4.69) is 15.0 Å². The second-order valence-corrected chi connectivity index (χ2v) is 7.89. The predicted octanol–water partition coefficient (Wildman–Crippen LogP) is 2.24. The maximum atomic E-state index is 12.5. The number of hydrogen-bond acceptors (Lipinski definition) is 7. The zero-order valence-electron chi connectivity index (χ0n) is 16.2. The highest BCUT2D eigenvalue weighted by molar-refractivity contribution is 7.90. The van der Waals surface area contributed by atoms with E-state index in [0.717, 1.165) is 6.20 Å². The highest BCUT2D eigenvalue weighted by Crippen LogP contribution is 2.15. The van der Waals surface area contributed by atoms with Crippen molar-refractivity contribution in [2.24, 2.45) is 0 Å². The van der Waals surface area contributed by atoms with Crippen LogP contribution in [0.4, 0.5) is 5.69 Å². The molecule has 0 saturated carbocycles. The van der Waals surface area contributed by atoms with Gasteiger partial charge in [-0.05, 0) is 48.5 Å². The van der Waals surface area contributed by atoms with Gasteiger partial charge in [-0.15, -0.1) is 0 Å². The summed E-state index contributed by atoms with van der Waals surface area (Å²) in [5, 5.41) is 2.66. The van der Waals surface area contributed by atoms with Crippen LogP contribution in [0.2, 0.25) is 0 Å². The summed E-state index contributed by atoms with van der Waals surface area (Å²) in [5.41, 5.74) is 0.776. The number of methoxy groups -OCH3 is 1. The lowest BCUT2D eigenvalue weighted by Crippen LogP contribution is -2.30. The average Bonchev–Trinajstić information content (AvgIpc) is 2.79. The van der Waals surface area contributed by atoms with Gasteiger partial charge in [-0.3, -0.25) is 9.59 Å². The number of aromatic nitrogens is 1. The van der Waals surface area contributed by atoms with Gasteiger partial charge in [-0.2, -0.15) is 0 Å². The van der Waals surface area contributed by atoms with Gasteiger partial charge in [0.05, 0.1) is 17.6 Å². The van der Waals surface area contributed by atoms with E-state index in [0.29, 0.717) is 11.3 Å². The Labute approximate surface area is 178 Å². The van der Waals surface area contributed by atoms with Crippen molar-refractivity contribution in [1.82, 2.24) is 9.71 Å². The predicted molar refractivity (Wildman–Crippen MR) is 111 cm³/mol. The number of ether oxygens (including phenoxy) is 1. The van der Waals surface area contributed by atoms with Gasteiger partial charge in [0.1, 0.15) is 5.69 Å². The van der Waals surface area contributed by atoms with Crippen LogP contribution in [0.25, 0.3) is 0 Å². The van der Waals surface area contributed by atoms with Crippen LogP contribution in [-0.2, 0) is 14.8 Å². The van der Waals surface area contributed by atoms with Gasteiger partial charge in [-0.1, -0.05) is 18.2 Å². The largest absolute Gasteiger partial charge is 0.464 e. The normalized spacial score (nSPS) is 10.7. The lowest BCUT2D eigenvalue weighted by molar-refractivity contribution is 0.0593. The van der Waals surface area contributed by atoms with E-state index in [9.17, 15) is 22.8 Å². The summed E-state index contributed by atoms with van der Waals surface area (Å²) in [5.74, 6) is -1.93. The lowest BCUT2D eigenvalue weighted by Gasteiger charge is -2.09. The first-order valence-electron chi connectivity index (χ1n) is 8.88. The summed E-state index contributed by atoms with van der Waals surface area (Å²) in [6.45, 7) is 0. The minimum Gasteiger partial charge on any atom is -0.464 e. The van der Waals surface area contributed by atoms with E-state index in [1.54, 1.807) is 30.3 Å². The Hall–Kier alpha value is -4.05. The molecule has 0 aliphatic rings. The Morgan fingerprint density at radius 3 is 2.10 bits per heavy atom. The number of esters is 1. The van der Waals surface area contributed by atoms with Crippen LogP contribution in [-0.4, -0.2) is 38.3 Å². The average molecular weight is 439 g/mol. The Kier molecular flexibility index (Phi) is 6.41. The third-order valence-electron chi connectivity index (χ3n) is 4.11. The Balaban J connectivity index is 1.68. The Morgan fingerprint density at radius 1 is 0.839 bits per heavy atom. The van der Waals surface area contributed by atoms with Crippen molar-refractivity contribution in [3.63, 3.8) is 0 Å². The molecule has 0 aliphatic carbocycles. The molecule has 158 valence electrons. The van der Waals surface area contributed by atoms with Crippen LogP contribution in [0.3, 0.4) is 0 Å². The van der Waals surface area contributed by atoms with E-state index in [1.165, 1.54) is 43.5 Å². The quantitative estimate of drug-likeness (QED) is 0.563. The van der Waals surface area contributed by atoms with E-state index in [1.807, 2.05) is 4.72 Å². The zero-order valence-corrected chi connectivity index (χ0v) is 17.0. The van der Waals surface area contributed by atoms with Gasteiger partial charge in [0.25, 0.3) is 21.8 Å². The summed E-state index contributed by atoms with van der Waals surface area (Å²) in [7, 11) is -2.98. The fourth-order valence-corrected chi connectivity index (χ4v) is 3.48. The van der Waals surface area contributed by atoms with Gasteiger partial charge in [-0.25, -0.2) is 22.9 Å². The molecule has 0 atom stereocenters. The SMILES string of the molecule is COC(=O)c1ccc(C(=O)NS(=O)(=O)c2ccc(NC(=O)c3ccccc3)cc2)cn1. The highest BCUT2D eigenvalue weighted by atomic mass is 32.2. The lowest BCUT2D eigenvalue weighted by atomic mass is 10.2. The van der Waals surface area contributed by atoms with Crippen molar-refractivity contribution >= 4 is 33.5 Å². The van der Waals surface area contributed by atoms with Crippen molar-refractivity contribution in [3.8, 4) is 0 Å². The van der Waals surface area contributed by atoms with Crippen LogP contribution >= 0.6 is 0 Å². The number of rotatable bonds is 6. The maximum Gasteiger partial charge on any atom is 0.356 e. The van der Waals surface area contributed by atoms with Gasteiger partial charge in [0.15, 0.2) is 0 Å². The fraction of sp³-hybridized carbons (Fsp3) is 0.0476. The molecule has 1 aromatic heterocycles. The molecule has 0 bridgehead atoms. The van der Waals surface area contributed by atoms with Crippen LogP contribution in [0.1, 0.15) is 31.2 Å².